The lowest BCUT2D eigenvalue weighted by molar-refractivity contribution is 0.529. The second-order valence-corrected chi connectivity index (χ2v) is 13.0. The van der Waals surface area contributed by atoms with Gasteiger partial charge in [-0.05, 0) is 12.8 Å². The minimum absolute atomic E-state index is 0.659. The summed E-state index contributed by atoms with van der Waals surface area (Å²) in [6, 6.07) is 0. The lowest BCUT2D eigenvalue weighted by Crippen LogP contribution is -2.06. The van der Waals surface area contributed by atoms with Crippen LogP contribution in [0.5, 0.6) is 0 Å². The summed E-state index contributed by atoms with van der Waals surface area (Å²) in [5, 5.41) is 0. The highest BCUT2D eigenvalue weighted by Gasteiger charge is 2.05. The second kappa shape index (κ2) is 30.5. The molecule has 0 fully saturated rings. The highest BCUT2D eigenvalue weighted by atomic mass is 15.0. The molecule has 239 valence electrons. The molecule has 0 unspecified atom stereocenters. The molecule has 1 aromatic heterocycles. The quantitative estimate of drug-likeness (QED) is 0.0808. The molecular formula is C38H72N3. The van der Waals surface area contributed by atoms with E-state index in [2.05, 4.69) is 30.7 Å². The van der Waals surface area contributed by atoms with Crippen molar-refractivity contribution in [1.82, 2.24) is 15.0 Å². The molecule has 0 aliphatic heterocycles. The van der Waals surface area contributed by atoms with Crippen LogP contribution in [0.15, 0.2) is 0 Å². The van der Waals surface area contributed by atoms with Crippen molar-refractivity contribution < 1.29 is 0 Å². The Morgan fingerprint density at radius 3 is 0.780 bits per heavy atom. The molecule has 0 spiro atoms. The average Bonchev–Trinajstić information content (AvgIpc) is 2.97. The van der Waals surface area contributed by atoms with E-state index in [1.807, 2.05) is 0 Å². The van der Waals surface area contributed by atoms with E-state index >= 15 is 0 Å². The summed E-state index contributed by atoms with van der Waals surface area (Å²) in [7, 11) is 0. The number of rotatable bonds is 32. The maximum atomic E-state index is 4.78. The molecule has 0 aliphatic carbocycles. The van der Waals surface area contributed by atoms with Crippen molar-refractivity contribution in [2.45, 2.75) is 219 Å². The molecule has 0 amide bonds. The number of aryl methyl sites for hydroxylation is 2. The molecule has 1 radical (unpaired) electrons. The van der Waals surface area contributed by atoms with Gasteiger partial charge >= 0.3 is 0 Å². The third-order valence-electron chi connectivity index (χ3n) is 8.78. The topological polar surface area (TPSA) is 38.7 Å². The van der Waals surface area contributed by atoms with Gasteiger partial charge in [-0.2, -0.15) is 0 Å². The normalized spacial score (nSPS) is 11.5. The highest BCUT2D eigenvalue weighted by Crippen LogP contribution is 2.16. The molecule has 1 heterocycles. The van der Waals surface area contributed by atoms with Gasteiger partial charge in [0.2, 0.25) is 0 Å². The Bertz CT molecular complexity index is 607. The Balaban J connectivity index is 1.93. The SMILES string of the molecule is [CH2]c1nc(CCCCCCCCCCCCCCCCC)nc(CCCCCCCCCCCCCCCCC)n1. The van der Waals surface area contributed by atoms with E-state index in [4.69, 9.17) is 4.98 Å². The van der Waals surface area contributed by atoms with Crippen LogP contribution >= 0.6 is 0 Å². The number of aromatic nitrogens is 3. The van der Waals surface area contributed by atoms with Gasteiger partial charge < -0.3 is 0 Å². The van der Waals surface area contributed by atoms with Crippen molar-refractivity contribution in [3.63, 3.8) is 0 Å². The summed E-state index contributed by atoms with van der Waals surface area (Å²) in [4.78, 5) is 13.8. The van der Waals surface area contributed by atoms with E-state index in [1.54, 1.807) is 0 Å². The Labute approximate surface area is 258 Å². The van der Waals surface area contributed by atoms with Crippen LogP contribution in [0, 0.1) is 6.92 Å². The molecule has 1 aromatic rings. The van der Waals surface area contributed by atoms with Crippen molar-refractivity contribution in [3.8, 4) is 0 Å². The Morgan fingerprint density at radius 1 is 0.317 bits per heavy atom. The number of hydrogen-bond acceptors (Lipinski definition) is 3. The van der Waals surface area contributed by atoms with Crippen molar-refractivity contribution in [2.75, 3.05) is 0 Å². The van der Waals surface area contributed by atoms with Gasteiger partial charge in [0.15, 0.2) is 0 Å². The van der Waals surface area contributed by atoms with Gasteiger partial charge in [0.1, 0.15) is 17.5 Å². The molecule has 0 aromatic carbocycles. The highest BCUT2D eigenvalue weighted by molar-refractivity contribution is 5.00. The van der Waals surface area contributed by atoms with Crippen LogP contribution in [-0.2, 0) is 12.8 Å². The Kier molecular flexibility index (Phi) is 28.3. The second-order valence-electron chi connectivity index (χ2n) is 13.0. The molecule has 0 N–H and O–H groups in total. The number of unbranched alkanes of at least 4 members (excludes halogenated alkanes) is 28. The fourth-order valence-electron chi connectivity index (χ4n) is 6.05. The van der Waals surface area contributed by atoms with E-state index in [-0.39, 0.29) is 0 Å². The van der Waals surface area contributed by atoms with Crippen LogP contribution < -0.4 is 0 Å². The van der Waals surface area contributed by atoms with Gasteiger partial charge in [-0.1, -0.05) is 194 Å². The van der Waals surface area contributed by atoms with Gasteiger partial charge in [0, 0.05) is 19.8 Å². The van der Waals surface area contributed by atoms with Gasteiger partial charge in [-0.25, -0.2) is 15.0 Å². The van der Waals surface area contributed by atoms with Crippen molar-refractivity contribution >= 4 is 0 Å². The minimum atomic E-state index is 0.659. The van der Waals surface area contributed by atoms with E-state index in [1.165, 1.54) is 193 Å². The van der Waals surface area contributed by atoms with E-state index < -0.39 is 0 Å². The fourth-order valence-corrected chi connectivity index (χ4v) is 6.05. The monoisotopic (exact) mass is 571 g/mol. The minimum Gasteiger partial charge on any atom is -0.218 e. The summed E-state index contributed by atoms with van der Waals surface area (Å²) < 4.78 is 0. The van der Waals surface area contributed by atoms with Gasteiger partial charge in [-0.3, -0.25) is 0 Å². The largest absolute Gasteiger partial charge is 0.218 e. The summed E-state index contributed by atoms with van der Waals surface area (Å²) in [5.41, 5.74) is 0. The Hall–Kier alpha value is -0.990. The van der Waals surface area contributed by atoms with Crippen molar-refractivity contribution in [3.05, 3.63) is 24.4 Å². The standard InChI is InChI=1S/C38H72N3/c1-4-6-8-10-12-14-16-18-20-22-24-26-28-30-32-34-37-39-36(3)40-38(41-37)35-33-31-29-27-25-23-21-19-17-15-13-11-9-7-5-2/h3-35H2,1-2H3. The predicted molar refractivity (Wildman–Crippen MR) is 182 cm³/mol. The van der Waals surface area contributed by atoms with Crippen LogP contribution in [0.2, 0.25) is 0 Å². The molecule has 0 saturated heterocycles. The maximum Gasteiger partial charge on any atom is 0.133 e. The molecule has 3 nitrogen and oxygen atoms in total. The molecule has 41 heavy (non-hydrogen) atoms. The van der Waals surface area contributed by atoms with E-state index in [0.717, 1.165) is 24.5 Å². The molecular weight excluding hydrogens is 498 g/mol. The maximum absolute atomic E-state index is 4.78. The van der Waals surface area contributed by atoms with Crippen molar-refractivity contribution in [2.24, 2.45) is 0 Å². The van der Waals surface area contributed by atoms with Gasteiger partial charge in [0.25, 0.3) is 0 Å². The Morgan fingerprint density at radius 2 is 0.537 bits per heavy atom. The molecule has 0 bridgehead atoms. The first-order valence-electron chi connectivity index (χ1n) is 18.8. The summed E-state index contributed by atoms with van der Waals surface area (Å²) in [6.45, 7) is 8.62. The molecule has 0 aliphatic rings. The predicted octanol–water partition coefficient (Wildman–Crippen LogP) is 12.9. The molecule has 0 saturated carbocycles. The molecule has 3 heteroatoms. The van der Waals surface area contributed by atoms with Crippen LogP contribution in [0.25, 0.3) is 0 Å². The number of nitrogens with zero attached hydrogens (tertiary/aromatic N) is 3. The zero-order valence-corrected chi connectivity index (χ0v) is 28.2. The summed E-state index contributed by atoms with van der Waals surface area (Å²) in [5.74, 6) is 2.60. The lowest BCUT2D eigenvalue weighted by atomic mass is 10.0. The molecule has 1 rings (SSSR count). The third kappa shape index (κ3) is 26.4. The first-order valence-corrected chi connectivity index (χ1v) is 18.8. The lowest BCUT2D eigenvalue weighted by Gasteiger charge is -2.06. The fraction of sp³-hybridized carbons (Fsp3) is 0.895. The number of hydrogen-bond donors (Lipinski definition) is 0. The zero-order valence-electron chi connectivity index (χ0n) is 28.2. The smallest absolute Gasteiger partial charge is 0.133 e. The van der Waals surface area contributed by atoms with Crippen LogP contribution in [0.3, 0.4) is 0 Å². The summed E-state index contributed by atoms with van der Waals surface area (Å²) >= 11 is 0. The van der Waals surface area contributed by atoms with Crippen LogP contribution in [0.1, 0.15) is 224 Å². The van der Waals surface area contributed by atoms with Crippen LogP contribution in [0.4, 0.5) is 0 Å². The van der Waals surface area contributed by atoms with Crippen LogP contribution in [-0.4, -0.2) is 15.0 Å². The van der Waals surface area contributed by atoms with Crippen molar-refractivity contribution in [1.29, 1.82) is 0 Å². The average molecular weight is 571 g/mol. The van der Waals surface area contributed by atoms with E-state index in [9.17, 15) is 0 Å². The third-order valence-corrected chi connectivity index (χ3v) is 8.78. The first-order chi connectivity index (χ1) is 20.3. The molecule has 0 atom stereocenters. The van der Waals surface area contributed by atoms with E-state index in [0.29, 0.717) is 5.82 Å². The van der Waals surface area contributed by atoms with Gasteiger partial charge in [-0.15, -0.1) is 0 Å². The van der Waals surface area contributed by atoms with Gasteiger partial charge in [0.05, 0.1) is 0 Å². The zero-order chi connectivity index (χ0) is 29.5. The first kappa shape index (κ1) is 38.0. The summed E-state index contributed by atoms with van der Waals surface area (Å²) in [6.07, 6.45) is 44.0.